The van der Waals surface area contributed by atoms with Crippen LogP contribution in [0.4, 0.5) is 0 Å². The van der Waals surface area contributed by atoms with E-state index in [1.165, 1.54) is 70.6 Å². The Balaban J connectivity index is 2.15. The highest BCUT2D eigenvalue weighted by Crippen LogP contribution is 2.14. The summed E-state index contributed by atoms with van der Waals surface area (Å²) in [5.41, 5.74) is 0. The van der Waals surface area contributed by atoms with Gasteiger partial charge in [-0.15, -0.1) is 0 Å². The summed E-state index contributed by atoms with van der Waals surface area (Å²) in [5.74, 6) is -0.171. The van der Waals surface area contributed by atoms with E-state index in [-0.39, 0.29) is 11.9 Å². The van der Waals surface area contributed by atoms with E-state index in [0.29, 0.717) is 26.1 Å². The molecule has 158 valence electrons. The van der Waals surface area contributed by atoms with Gasteiger partial charge >= 0.3 is 11.9 Å². The van der Waals surface area contributed by atoms with Crippen molar-refractivity contribution in [3.63, 3.8) is 0 Å². The molecule has 4 heteroatoms. The summed E-state index contributed by atoms with van der Waals surface area (Å²) < 4.78 is 10.5. The summed E-state index contributed by atoms with van der Waals surface area (Å²) in [6, 6.07) is 0. The minimum absolute atomic E-state index is 0.0856. The lowest BCUT2D eigenvalue weighted by Gasteiger charge is -2.06. The van der Waals surface area contributed by atoms with Gasteiger partial charge in [0.25, 0.3) is 0 Å². The van der Waals surface area contributed by atoms with Gasteiger partial charge in [-0.05, 0) is 25.7 Å². The van der Waals surface area contributed by atoms with E-state index in [2.05, 4.69) is 0 Å². The Morgan fingerprint density at radius 2 is 0.630 bits per heavy atom. The largest absolute Gasteiger partial charge is 0.466 e. The first-order valence-electron chi connectivity index (χ1n) is 11.6. The molecule has 1 rings (SSSR count). The van der Waals surface area contributed by atoms with Crippen molar-refractivity contribution in [2.75, 3.05) is 13.2 Å². The molecule has 0 saturated carbocycles. The molecule has 1 aliphatic rings. The van der Waals surface area contributed by atoms with Gasteiger partial charge in [0.15, 0.2) is 0 Å². The summed E-state index contributed by atoms with van der Waals surface area (Å²) in [6.45, 7) is 0.882. The molecule has 0 unspecified atom stereocenters. The van der Waals surface area contributed by atoms with E-state index < -0.39 is 0 Å². The smallest absolute Gasteiger partial charge is 0.305 e. The Morgan fingerprint density at radius 3 is 0.926 bits per heavy atom. The molecule has 0 aromatic carbocycles. The van der Waals surface area contributed by atoms with E-state index in [4.69, 9.17) is 9.47 Å². The van der Waals surface area contributed by atoms with Gasteiger partial charge in [0, 0.05) is 12.8 Å². The predicted molar refractivity (Wildman–Crippen MR) is 110 cm³/mol. The number of carbonyl (C=O) groups is 2. The minimum atomic E-state index is -0.0856. The zero-order chi connectivity index (χ0) is 19.4. The Kier molecular flexibility index (Phi) is 16.3. The number of ether oxygens (including phenoxy) is 2. The standard InChI is InChI=1S/C23H42O4/c24-22-18-14-12-10-8-6-4-2-1-3-5-7-9-11-13-15-19-23(25)27-21-17-16-20-26-22/h1-21H2. The van der Waals surface area contributed by atoms with Crippen molar-refractivity contribution < 1.29 is 19.1 Å². The molecule has 0 aromatic rings. The maximum absolute atomic E-state index is 11.7. The van der Waals surface area contributed by atoms with Crippen LogP contribution in [0.25, 0.3) is 0 Å². The van der Waals surface area contributed by atoms with Crippen LogP contribution < -0.4 is 0 Å². The quantitative estimate of drug-likeness (QED) is 0.449. The van der Waals surface area contributed by atoms with Crippen LogP contribution in [0.3, 0.4) is 0 Å². The third kappa shape index (κ3) is 16.8. The van der Waals surface area contributed by atoms with Gasteiger partial charge in [-0.2, -0.15) is 0 Å². The molecular weight excluding hydrogens is 340 g/mol. The lowest BCUT2D eigenvalue weighted by molar-refractivity contribution is -0.146. The van der Waals surface area contributed by atoms with Crippen molar-refractivity contribution in [3.8, 4) is 0 Å². The number of hydrogen-bond donors (Lipinski definition) is 0. The molecule has 0 aliphatic carbocycles. The first-order chi connectivity index (χ1) is 13.3. The molecule has 0 radical (unpaired) electrons. The van der Waals surface area contributed by atoms with Crippen LogP contribution in [-0.2, 0) is 19.1 Å². The third-order valence-electron chi connectivity index (χ3n) is 5.33. The lowest BCUT2D eigenvalue weighted by Crippen LogP contribution is -2.08. The molecule has 0 atom stereocenters. The van der Waals surface area contributed by atoms with Crippen molar-refractivity contribution in [3.05, 3.63) is 0 Å². The fourth-order valence-electron chi connectivity index (χ4n) is 3.56. The zero-order valence-electron chi connectivity index (χ0n) is 17.5. The van der Waals surface area contributed by atoms with Gasteiger partial charge < -0.3 is 9.47 Å². The maximum atomic E-state index is 11.7. The molecule has 0 spiro atoms. The van der Waals surface area contributed by atoms with Gasteiger partial charge in [-0.3, -0.25) is 9.59 Å². The summed E-state index contributed by atoms with van der Waals surface area (Å²) in [6.07, 6.45) is 21.3. The van der Waals surface area contributed by atoms with Crippen LogP contribution >= 0.6 is 0 Å². The summed E-state index contributed by atoms with van der Waals surface area (Å²) in [4.78, 5) is 23.3. The number of cyclic esters (lactones) is 2. The molecule has 27 heavy (non-hydrogen) atoms. The summed E-state index contributed by atoms with van der Waals surface area (Å²) >= 11 is 0. The zero-order valence-corrected chi connectivity index (χ0v) is 17.5. The molecule has 0 aromatic heterocycles. The molecule has 0 N–H and O–H groups in total. The van der Waals surface area contributed by atoms with E-state index in [9.17, 15) is 9.59 Å². The van der Waals surface area contributed by atoms with Crippen molar-refractivity contribution >= 4 is 11.9 Å². The van der Waals surface area contributed by atoms with Gasteiger partial charge in [0.1, 0.15) is 0 Å². The second-order valence-corrected chi connectivity index (χ2v) is 7.95. The molecular formula is C23H42O4. The van der Waals surface area contributed by atoms with Crippen LogP contribution in [-0.4, -0.2) is 25.2 Å². The first kappa shape index (κ1) is 24.0. The summed E-state index contributed by atoms with van der Waals surface area (Å²) in [7, 11) is 0. The van der Waals surface area contributed by atoms with Crippen molar-refractivity contribution in [1.29, 1.82) is 0 Å². The van der Waals surface area contributed by atoms with Crippen molar-refractivity contribution in [2.45, 2.75) is 122 Å². The van der Waals surface area contributed by atoms with Crippen LogP contribution in [0.5, 0.6) is 0 Å². The highest BCUT2D eigenvalue weighted by molar-refractivity contribution is 5.69. The molecule has 1 fully saturated rings. The molecule has 4 nitrogen and oxygen atoms in total. The molecule has 1 aliphatic heterocycles. The normalized spacial score (nSPS) is 22.7. The molecule has 0 amide bonds. The monoisotopic (exact) mass is 382 g/mol. The van der Waals surface area contributed by atoms with Crippen LogP contribution in [0.15, 0.2) is 0 Å². The average Bonchev–Trinajstić information content (AvgIpc) is 2.66. The van der Waals surface area contributed by atoms with E-state index in [1.807, 2.05) is 0 Å². The van der Waals surface area contributed by atoms with E-state index in [1.54, 1.807) is 0 Å². The lowest BCUT2D eigenvalue weighted by atomic mass is 10.0. The van der Waals surface area contributed by atoms with E-state index in [0.717, 1.165) is 38.5 Å². The third-order valence-corrected chi connectivity index (χ3v) is 5.33. The fraction of sp³-hybridized carbons (Fsp3) is 0.913. The Hall–Kier alpha value is -1.06. The Bertz CT molecular complexity index is 333. The highest BCUT2D eigenvalue weighted by atomic mass is 16.5. The van der Waals surface area contributed by atoms with Crippen LogP contribution in [0, 0.1) is 0 Å². The Morgan fingerprint density at radius 1 is 0.370 bits per heavy atom. The second-order valence-electron chi connectivity index (χ2n) is 7.95. The van der Waals surface area contributed by atoms with Gasteiger partial charge in [-0.25, -0.2) is 0 Å². The second kappa shape index (κ2) is 18.3. The van der Waals surface area contributed by atoms with Crippen molar-refractivity contribution in [1.82, 2.24) is 0 Å². The van der Waals surface area contributed by atoms with Crippen molar-refractivity contribution in [2.24, 2.45) is 0 Å². The maximum Gasteiger partial charge on any atom is 0.305 e. The topological polar surface area (TPSA) is 52.6 Å². The van der Waals surface area contributed by atoms with Gasteiger partial charge in [0.2, 0.25) is 0 Å². The van der Waals surface area contributed by atoms with Gasteiger partial charge in [0.05, 0.1) is 13.2 Å². The van der Waals surface area contributed by atoms with E-state index >= 15 is 0 Å². The fourth-order valence-corrected chi connectivity index (χ4v) is 3.56. The highest BCUT2D eigenvalue weighted by Gasteiger charge is 2.05. The van der Waals surface area contributed by atoms with Crippen LogP contribution in [0.1, 0.15) is 122 Å². The minimum Gasteiger partial charge on any atom is -0.466 e. The van der Waals surface area contributed by atoms with Gasteiger partial charge in [-0.1, -0.05) is 83.5 Å². The molecule has 1 saturated heterocycles. The average molecular weight is 383 g/mol. The number of carbonyl (C=O) groups excluding carboxylic acids is 2. The number of esters is 2. The van der Waals surface area contributed by atoms with Crippen LogP contribution in [0.2, 0.25) is 0 Å². The molecule has 1 heterocycles. The molecule has 0 bridgehead atoms. The Labute approximate surface area is 166 Å². The SMILES string of the molecule is O=C1CCCCCCCCCCCCCCCCCC(=O)OCCCCO1. The first-order valence-corrected chi connectivity index (χ1v) is 11.6. The predicted octanol–water partition coefficient (Wildman–Crippen LogP) is 6.50. The summed E-state index contributed by atoms with van der Waals surface area (Å²) in [5, 5.41) is 0. The number of hydrogen-bond acceptors (Lipinski definition) is 4. The number of rotatable bonds is 0.